The molecule has 0 unspecified atom stereocenters. The summed E-state index contributed by atoms with van der Waals surface area (Å²) in [6, 6.07) is 10.6. The number of fused-ring (bicyclic) bond motifs is 1. The Morgan fingerprint density at radius 3 is 2.66 bits per heavy atom. The second-order valence-electron chi connectivity index (χ2n) is 7.71. The Morgan fingerprint density at radius 2 is 1.91 bits per heavy atom. The van der Waals surface area contributed by atoms with Crippen LogP contribution in [0.15, 0.2) is 54.7 Å². The van der Waals surface area contributed by atoms with E-state index in [0.29, 0.717) is 28.6 Å². The zero-order chi connectivity index (χ0) is 22.8. The van der Waals surface area contributed by atoms with Crippen LogP contribution in [0.1, 0.15) is 12.0 Å². The molecule has 1 fully saturated rings. The number of carbonyl (C=O) groups is 3. The third-order valence-electron chi connectivity index (χ3n) is 5.44. The van der Waals surface area contributed by atoms with Gasteiger partial charge in [0.1, 0.15) is 11.9 Å². The fraction of sp³-hybridized carbons (Fsp3) is 0.227. The average Bonchev–Trinajstić information content (AvgIpc) is 3.33. The SMILES string of the molecule is NC(=O)n1cc(NC(=O)N2C[C@@H](N)C[C@H]2C(=O)NCc2cccc(F)c2)c2ccccc21. The van der Waals surface area contributed by atoms with Crippen molar-refractivity contribution in [3.63, 3.8) is 0 Å². The van der Waals surface area contributed by atoms with Gasteiger partial charge in [-0.05, 0) is 30.2 Å². The molecule has 32 heavy (non-hydrogen) atoms. The highest BCUT2D eigenvalue weighted by Crippen LogP contribution is 2.27. The molecule has 0 saturated carbocycles. The van der Waals surface area contributed by atoms with Crippen LogP contribution in [0, 0.1) is 5.82 Å². The lowest BCUT2D eigenvalue weighted by Crippen LogP contribution is -2.47. The zero-order valence-corrected chi connectivity index (χ0v) is 17.1. The summed E-state index contributed by atoms with van der Waals surface area (Å²) in [7, 11) is 0. The van der Waals surface area contributed by atoms with Crippen LogP contribution in [-0.2, 0) is 11.3 Å². The van der Waals surface area contributed by atoms with Gasteiger partial charge in [-0.2, -0.15) is 0 Å². The summed E-state index contributed by atoms with van der Waals surface area (Å²) < 4.78 is 14.6. The lowest BCUT2D eigenvalue weighted by atomic mass is 10.1. The molecule has 1 aliphatic heterocycles. The van der Waals surface area contributed by atoms with Gasteiger partial charge >= 0.3 is 12.1 Å². The molecule has 0 spiro atoms. The average molecular weight is 438 g/mol. The monoisotopic (exact) mass is 438 g/mol. The Bertz CT molecular complexity index is 1190. The van der Waals surface area contributed by atoms with Gasteiger partial charge in [-0.3, -0.25) is 9.36 Å². The maximum Gasteiger partial charge on any atom is 0.323 e. The number of halogens is 1. The number of carbonyl (C=O) groups excluding carboxylic acids is 3. The van der Waals surface area contributed by atoms with Gasteiger partial charge in [0.2, 0.25) is 5.91 Å². The predicted molar refractivity (Wildman–Crippen MR) is 117 cm³/mol. The van der Waals surface area contributed by atoms with E-state index in [1.165, 1.54) is 27.8 Å². The number of hydrogen-bond donors (Lipinski definition) is 4. The van der Waals surface area contributed by atoms with Crippen molar-refractivity contribution < 1.29 is 18.8 Å². The molecule has 2 aromatic carbocycles. The Balaban J connectivity index is 1.49. The number of nitrogens with one attached hydrogen (secondary N) is 2. The van der Waals surface area contributed by atoms with E-state index in [0.717, 1.165) is 0 Å². The molecule has 4 rings (SSSR count). The highest BCUT2D eigenvalue weighted by Gasteiger charge is 2.38. The first kappa shape index (κ1) is 21.3. The van der Waals surface area contributed by atoms with Crippen molar-refractivity contribution in [2.75, 3.05) is 11.9 Å². The summed E-state index contributed by atoms with van der Waals surface area (Å²) in [6.45, 7) is 0.322. The van der Waals surface area contributed by atoms with E-state index in [2.05, 4.69) is 10.6 Å². The Morgan fingerprint density at radius 1 is 1.12 bits per heavy atom. The topological polar surface area (TPSA) is 135 Å². The molecule has 4 amide bonds. The molecule has 0 radical (unpaired) electrons. The standard InChI is InChI=1S/C22H23FN6O3/c23-14-5-3-4-13(8-14)10-26-20(30)19-9-15(24)11-29(19)22(32)27-17-12-28(21(25)31)18-7-2-1-6-16(17)18/h1-8,12,15,19H,9-11,24H2,(H2,25,31)(H,26,30)(H,27,32)/t15-,19-/m0/s1. The number of nitrogens with two attached hydrogens (primary N) is 2. The fourth-order valence-electron chi connectivity index (χ4n) is 3.94. The van der Waals surface area contributed by atoms with Crippen molar-refractivity contribution in [3.8, 4) is 0 Å². The Kier molecular flexibility index (Phi) is 5.78. The molecule has 0 aliphatic carbocycles. The number of benzene rings is 2. The van der Waals surface area contributed by atoms with Crippen molar-refractivity contribution in [2.24, 2.45) is 11.5 Å². The summed E-state index contributed by atoms with van der Waals surface area (Å²) in [5.74, 6) is -0.771. The van der Waals surface area contributed by atoms with E-state index in [9.17, 15) is 18.8 Å². The molecule has 6 N–H and O–H groups in total. The van der Waals surface area contributed by atoms with E-state index >= 15 is 0 Å². The van der Waals surface area contributed by atoms with Crippen molar-refractivity contribution in [1.29, 1.82) is 0 Å². The van der Waals surface area contributed by atoms with Crippen LogP contribution in [-0.4, -0.2) is 46.1 Å². The summed E-state index contributed by atoms with van der Waals surface area (Å²) in [5.41, 5.74) is 13.0. The van der Waals surface area contributed by atoms with Crippen LogP contribution in [0.25, 0.3) is 10.9 Å². The number of nitrogens with zero attached hydrogens (tertiary/aromatic N) is 2. The molecule has 2 heterocycles. The van der Waals surface area contributed by atoms with E-state index in [1.807, 2.05) is 0 Å². The molecule has 0 bridgehead atoms. The number of primary amides is 1. The van der Waals surface area contributed by atoms with Crippen LogP contribution >= 0.6 is 0 Å². The highest BCUT2D eigenvalue weighted by molar-refractivity contribution is 6.05. The number of aromatic nitrogens is 1. The molecule has 166 valence electrons. The smallest absolute Gasteiger partial charge is 0.323 e. The van der Waals surface area contributed by atoms with Gasteiger partial charge in [-0.25, -0.2) is 14.0 Å². The van der Waals surface area contributed by atoms with E-state index < -0.39 is 23.9 Å². The first-order valence-electron chi connectivity index (χ1n) is 10.1. The largest absolute Gasteiger partial charge is 0.351 e. The van der Waals surface area contributed by atoms with E-state index in [-0.39, 0.29) is 25.0 Å². The number of likely N-dealkylation sites (tertiary alicyclic amines) is 1. The summed E-state index contributed by atoms with van der Waals surface area (Å²) in [6.07, 6.45) is 1.74. The molecular formula is C22H23FN6O3. The van der Waals surface area contributed by atoms with Gasteiger partial charge in [0.05, 0.1) is 11.2 Å². The maximum atomic E-state index is 13.4. The lowest BCUT2D eigenvalue weighted by molar-refractivity contribution is -0.124. The molecule has 3 aromatic rings. The molecular weight excluding hydrogens is 415 g/mol. The molecule has 1 aromatic heterocycles. The minimum absolute atomic E-state index is 0.129. The predicted octanol–water partition coefficient (Wildman–Crippen LogP) is 1.96. The second kappa shape index (κ2) is 8.67. The van der Waals surface area contributed by atoms with Crippen molar-refractivity contribution in [2.45, 2.75) is 25.0 Å². The van der Waals surface area contributed by atoms with E-state index in [1.54, 1.807) is 36.4 Å². The Labute approximate surface area is 183 Å². The van der Waals surface area contributed by atoms with Crippen molar-refractivity contribution in [1.82, 2.24) is 14.8 Å². The number of rotatable bonds is 4. The van der Waals surface area contributed by atoms with Crippen LogP contribution < -0.4 is 22.1 Å². The highest BCUT2D eigenvalue weighted by atomic mass is 19.1. The first-order valence-corrected chi connectivity index (χ1v) is 10.1. The fourth-order valence-corrected chi connectivity index (χ4v) is 3.94. The van der Waals surface area contributed by atoms with Gasteiger partial charge in [0.15, 0.2) is 0 Å². The molecule has 1 saturated heterocycles. The quantitative estimate of drug-likeness (QED) is 0.495. The molecule has 1 aliphatic rings. The van der Waals surface area contributed by atoms with Gasteiger partial charge in [0, 0.05) is 30.7 Å². The van der Waals surface area contributed by atoms with Crippen molar-refractivity contribution in [3.05, 3.63) is 66.1 Å². The zero-order valence-electron chi connectivity index (χ0n) is 17.1. The van der Waals surface area contributed by atoms with Crippen LogP contribution in [0.4, 0.5) is 19.7 Å². The summed E-state index contributed by atoms with van der Waals surface area (Å²) in [4.78, 5) is 38.9. The van der Waals surface area contributed by atoms with Gasteiger partial charge < -0.3 is 27.0 Å². The minimum Gasteiger partial charge on any atom is -0.351 e. The normalized spacial score (nSPS) is 18.0. The third kappa shape index (κ3) is 4.26. The minimum atomic E-state index is -0.775. The second-order valence-corrected chi connectivity index (χ2v) is 7.71. The van der Waals surface area contributed by atoms with Crippen molar-refractivity contribution >= 4 is 34.6 Å². The number of amides is 4. The number of urea groups is 1. The summed E-state index contributed by atoms with van der Waals surface area (Å²) >= 11 is 0. The van der Waals surface area contributed by atoms with Gasteiger partial charge in [-0.15, -0.1) is 0 Å². The van der Waals surface area contributed by atoms with E-state index in [4.69, 9.17) is 11.5 Å². The van der Waals surface area contributed by atoms with Gasteiger partial charge in [0.25, 0.3) is 0 Å². The van der Waals surface area contributed by atoms with Crippen LogP contribution in [0.5, 0.6) is 0 Å². The van der Waals surface area contributed by atoms with Crippen LogP contribution in [0.3, 0.4) is 0 Å². The maximum absolute atomic E-state index is 13.4. The van der Waals surface area contributed by atoms with Gasteiger partial charge in [-0.1, -0.05) is 30.3 Å². The lowest BCUT2D eigenvalue weighted by Gasteiger charge is -2.24. The first-order chi connectivity index (χ1) is 15.3. The number of anilines is 1. The third-order valence-corrected chi connectivity index (χ3v) is 5.44. The molecule has 9 nitrogen and oxygen atoms in total. The number of para-hydroxylation sites is 1. The van der Waals surface area contributed by atoms with Crippen LogP contribution in [0.2, 0.25) is 0 Å². The molecule has 2 atom stereocenters. The number of hydrogen-bond acceptors (Lipinski definition) is 4. The molecule has 10 heteroatoms. The summed E-state index contributed by atoms with van der Waals surface area (Å²) in [5, 5.41) is 6.13. The Hall–Kier alpha value is -3.92.